The van der Waals surface area contributed by atoms with E-state index in [-0.39, 0.29) is 30.3 Å². The average molecular weight is 603 g/mol. The number of halogens is 2. The second-order valence-corrected chi connectivity index (χ2v) is 12.3. The molecule has 4 N–H and O–H groups in total. The summed E-state index contributed by atoms with van der Waals surface area (Å²) in [5, 5.41) is 7.72. The van der Waals surface area contributed by atoms with Crippen LogP contribution in [0.5, 0.6) is 0 Å². The molecule has 4 rings (SSSR count). The predicted octanol–water partition coefficient (Wildman–Crippen LogP) is 4.44. The number of carbonyl (C=O) groups excluding carboxylic acids is 2. The third kappa shape index (κ3) is 9.16. The van der Waals surface area contributed by atoms with Crippen LogP contribution < -0.4 is 16.4 Å². The maximum atomic E-state index is 13.7. The summed E-state index contributed by atoms with van der Waals surface area (Å²) in [4.78, 5) is 30.7. The van der Waals surface area contributed by atoms with Gasteiger partial charge in [0.1, 0.15) is 6.04 Å². The first kappa shape index (κ1) is 31.8. The van der Waals surface area contributed by atoms with Gasteiger partial charge in [-0.3, -0.25) is 14.5 Å². The van der Waals surface area contributed by atoms with Gasteiger partial charge in [-0.15, -0.1) is 0 Å². The van der Waals surface area contributed by atoms with Crippen molar-refractivity contribution in [1.29, 1.82) is 0 Å². The number of carbonyl (C=O) groups is 2. The highest BCUT2D eigenvalue weighted by Gasteiger charge is 2.40. The van der Waals surface area contributed by atoms with E-state index in [1.807, 2.05) is 11.0 Å². The Morgan fingerprint density at radius 3 is 2.39 bits per heavy atom. The van der Waals surface area contributed by atoms with Crippen LogP contribution in [0.1, 0.15) is 56.1 Å². The smallest absolute Gasteiger partial charge is 0.245 e. The standard InChI is InChI=1S/C32H45Cl2N5O2/c33-27-12-11-26(28(34)23-27)22-29(37-30(40)13-16-35)31(41)38-18-20-39(21-19-38)32(14-5-2-6-15-32)24-36-17-7-10-25-8-3-1-4-9-25/h1,3-4,8-9,11-12,23,29,36H,2,5-7,10,13-22,24,35H2,(H,37,40)/t29-/m1/s1. The molecular formula is C32H45Cl2N5O2. The summed E-state index contributed by atoms with van der Waals surface area (Å²) in [5.74, 6) is -0.299. The Kier molecular flexibility index (Phi) is 12.3. The largest absolute Gasteiger partial charge is 0.344 e. The van der Waals surface area contributed by atoms with Crippen molar-refractivity contribution in [3.8, 4) is 0 Å². The summed E-state index contributed by atoms with van der Waals surface area (Å²) in [7, 11) is 0. The molecule has 9 heteroatoms. The van der Waals surface area contributed by atoms with E-state index in [4.69, 9.17) is 28.9 Å². The Labute approximate surface area is 255 Å². The van der Waals surface area contributed by atoms with Gasteiger partial charge in [0.25, 0.3) is 0 Å². The molecule has 2 aromatic carbocycles. The van der Waals surface area contributed by atoms with Crippen LogP contribution in [0.2, 0.25) is 10.0 Å². The molecule has 0 radical (unpaired) electrons. The van der Waals surface area contributed by atoms with Crippen LogP contribution in [0.25, 0.3) is 0 Å². The van der Waals surface area contributed by atoms with Crippen LogP contribution in [0, 0.1) is 0 Å². The van der Waals surface area contributed by atoms with Gasteiger partial charge in [-0.1, -0.05) is 78.9 Å². The zero-order valence-corrected chi connectivity index (χ0v) is 25.6. The van der Waals surface area contributed by atoms with Crippen molar-refractivity contribution < 1.29 is 9.59 Å². The zero-order valence-electron chi connectivity index (χ0n) is 24.1. The minimum Gasteiger partial charge on any atom is -0.344 e. The van der Waals surface area contributed by atoms with Gasteiger partial charge in [0.15, 0.2) is 0 Å². The van der Waals surface area contributed by atoms with Crippen molar-refractivity contribution in [2.24, 2.45) is 5.73 Å². The van der Waals surface area contributed by atoms with Crippen LogP contribution >= 0.6 is 23.2 Å². The Balaban J connectivity index is 1.34. The molecule has 1 atom stereocenters. The van der Waals surface area contributed by atoms with E-state index in [0.29, 0.717) is 29.6 Å². The Morgan fingerprint density at radius 1 is 0.976 bits per heavy atom. The van der Waals surface area contributed by atoms with Gasteiger partial charge >= 0.3 is 0 Å². The highest BCUT2D eigenvalue weighted by atomic mass is 35.5. The molecule has 0 unspecified atom stereocenters. The quantitative estimate of drug-likeness (QED) is 0.295. The van der Waals surface area contributed by atoms with Gasteiger partial charge in [-0.25, -0.2) is 0 Å². The second-order valence-electron chi connectivity index (χ2n) is 11.5. The van der Waals surface area contributed by atoms with Gasteiger partial charge in [-0.2, -0.15) is 0 Å². The lowest BCUT2D eigenvalue weighted by atomic mass is 9.79. The van der Waals surface area contributed by atoms with E-state index < -0.39 is 6.04 Å². The molecule has 1 aliphatic carbocycles. The molecule has 0 bridgehead atoms. The molecule has 2 amide bonds. The SMILES string of the molecule is NCCC(=O)N[C@H](Cc1ccc(Cl)cc1Cl)C(=O)N1CCN(C2(CNCCCc3ccccc3)CCCCC2)CC1. The molecule has 7 nitrogen and oxygen atoms in total. The first-order chi connectivity index (χ1) is 19.9. The van der Waals surface area contributed by atoms with Gasteiger partial charge in [0.05, 0.1) is 0 Å². The fraction of sp³-hybridized carbons (Fsp3) is 0.562. The van der Waals surface area contributed by atoms with Crippen molar-refractivity contribution in [2.45, 2.75) is 69.4 Å². The number of aryl methyl sites for hydroxylation is 1. The van der Waals surface area contributed by atoms with E-state index >= 15 is 0 Å². The summed E-state index contributed by atoms with van der Waals surface area (Å²) in [6.07, 6.45) is 8.88. The molecule has 224 valence electrons. The number of hydrogen-bond donors (Lipinski definition) is 3. The summed E-state index contributed by atoms with van der Waals surface area (Å²) in [6.45, 7) is 5.19. The molecule has 2 aromatic rings. The van der Waals surface area contributed by atoms with Gasteiger partial charge < -0.3 is 21.3 Å². The highest BCUT2D eigenvalue weighted by molar-refractivity contribution is 6.35. The number of nitrogens with two attached hydrogens (primary N) is 1. The number of nitrogens with one attached hydrogen (secondary N) is 2. The van der Waals surface area contributed by atoms with Crippen LogP contribution in [0.15, 0.2) is 48.5 Å². The number of amides is 2. The van der Waals surface area contributed by atoms with Crippen LogP contribution in [-0.4, -0.2) is 79.0 Å². The van der Waals surface area contributed by atoms with Crippen molar-refractivity contribution >= 4 is 35.0 Å². The van der Waals surface area contributed by atoms with Gasteiger partial charge in [-0.05, 0) is 55.5 Å². The fourth-order valence-corrected chi connectivity index (χ4v) is 6.81. The number of piperazine rings is 1. The molecule has 1 saturated carbocycles. The van der Waals surface area contributed by atoms with Crippen molar-refractivity contribution in [3.05, 3.63) is 69.7 Å². The molecule has 2 aliphatic rings. The number of benzene rings is 2. The van der Waals surface area contributed by atoms with E-state index in [9.17, 15) is 9.59 Å². The van der Waals surface area contributed by atoms with E-state index in [1.54, 1.807) is 12.1 Å². The summed E-state index contributed by atoms with van der Waals surface area (Å²) in [6, 6.07) is 15.2. The number of hydrogen-bond acceptors (Lipinski definition) is 5. The predicted molar refractivity (Wildman–Crippen MR) is 167 cm³/mol. The summed E-state index contributed by atoms with van der Waals surface area (Å²) < 4.78 is 0. The first-order valence-electron chi connectivity index (χ1n) is 15.1. The van der Waals surface area contributed by atoms with Gasteiger partial charge in [0.2, 0.25) is 11.8 Å². The van der Waals surface area contributed by atoms with Crippen LogP contribution in [-0.2, 0) is 22.4 Å². The molecular weight excluding hydrogens is 557 g/mol. The normalized spacial score (nSPS) is 18.2. The first-order valence-corrected chi connectivity index (χ1v) is 15.9. The van der Waals surface area contributed by atoms with Gasteiger partial charge in [0, 0.05) is 67.7 Å². The maximum Gasteiger partial charge on any atom is 0.245 e. The summed E-state index contributed by atoms with van der Waals surface area (Å²) >= 11 is 12.5. The van der Waals surface area contributed by atoms with Crippen molar-refractivity contribution in [3.63, 3.8) is 0 Å². The van der Waals surface area contributed by atoms with Crippen LogP contribution in [0.3, 0.4) is 0 Å². The molecule has 2 fully saturated rings. The van der Waals surface area contributed by atoms with Crippen molar-refractivity contribution in [2.75, 3.05) is 45.8 Å². The third-order valence-corrected chi connectivity index (χ3v) is 9.19. The Bertz CT molecular complexity index is 1120. The monoisotopic (exact) mass is 601 g/mol. The molecule has 1 aliphatic heterocycles. The van der Waals surface area contributed by atoms with E-state index in [0.717, 1.165) is 44.6 Å². The molecule has 0 aromatic heterocycles. The number of nitrogens with zero attached hydrogens (tertiary/aromatic N) is 2. The molecule has 1 saturated heterocycles. The lowest BCUT2D eigenvalue weighted by Gasteiger charge is -2.50. The Hall–Kier alpha value is -2.16. The summed E-state index contributed by atoms with van der Waals surface area (Å²) in [5.41, 5.74) is 7.90. The van der Waals surface area contributed by atoms with E-state index in [2.05, 4.69) is 45.9 Å². The molecule has 41 heavy (non-hydrogen) atoms. The zero-order chi connectivity index (χ0) is 29.1. The minimum atomic E-state index is -0.700. The topological polar surface area (TPSA) is 90.7 Å². The Morgan fingerprint density at radius 2 is 1.71 bits per heavy atom. The second kappa shape index (κ2) is 15.9. The van der Waals surface area contributed by atoms with Crippen LogP contribution in [0.4, 0.5) is 0 Å². The maximum absolute atomic E-state index is 13.7. The fourth-order valence-electron chi connectivity index (χ4n) is 6.32. The molecule has 1 heterocycles. The lowest BCUT2D eigenvalue weighted by Crippen LogP contribution is -2.63. The average Bonchev–Trinajstić information content (AvgIpc) is 2.99. The van der Waals surface area contributed by atoms with Crippen molar-refractivity contribution in [1.82, 2.24) is 20.4 Å². The number of rotatable bonds is 13. The van der Waals surface area contributed by atoms with E-state index in [1.165, 1.54) is 37.7 Å². The lowest BCUT2D eigenvalue weighted by molar-refractivity contribution is -0.139. The minimum absolute atomic E-state index is 0.0715. The molecule has 0 spiro atoms. The third-order valence-electron chi connectivity index (χ3n) is 8.61. The highest BCUT2D eigenvalue weighted by Crippen LogP contribution is 2.34.